The minimum absolute atomic E-state index is 0.0207. The normalized spacial score (nSPS) is 24.6. The molecule has 0 N–H and O–H groups in total. The molecular weight excluding hydrogens is 382 g/mol. The Kier molecular flexibility index (Phi) is 3.84. The molecule has 150 valence electrons. The summed E-state index contributed by atoms with van der Waals surface area (Å²) < 4.78 is 0. The molecule has 1 aromatic heterocycles. The van der Waals surface area contributed by atoms with E-state index in [0.29, 0.717) is 0 Å². The Labute approximate surface area is 180 Å². The lowest BCUT2D eigenvalue weighted by atomic mass is 9.93. The number of rotatable bonds is 3. The van der Waals surface area contributed by atoms with Gasteiger partial charge in [-0.25, -0.2) is 0 Å². The Morgan fingerprint density at radius 3 is 2.23 bits per heavy atom. The quantitative estimate of drug-likeness (QED) is 0.452. The van der Waals surface area contributed by atoms with Crippen LogP contribution >= 0.6 is 0 Å². The predicted molar refractivity (Wildman–Crippen MR) is 123 cm³/mol. The zero-order valence-corrected chi connectivity index (χ0v) is 17.1. The summed E-state index contributed by atoms with van der Waals surface area (Å²) in [6.07, 6.45) is 0. The minimum atomic E-state index is -0.688. The Bertz CT molecular complexity index is 1330. The fraction of sp³-hybridized carbons (Fsp3) is 0.148. The Hall–Kier alpha value is -3.79. The molecule has 6 rings (SSSR count). The molecule has 3 atom stereocenters. The van der Waals surface area contributed by atoms with Gasteiger partial charge in [0.1, 0.15) is 5.41 Å². The molecule has 4 nitrogen and oxygen atoms in total. The number of benzene rings is 3. The minimum Gasteiger partial charge on any atom is -0.271 e. The number of anilines is 1. The molecule has 0 unspecified atom stereocenters. The van der Waals surface area contributed by atoms with Gasteiger partial charge in [-0.1, -0.05) is 72.8 Å². The van der Waals surface area contributed by atoms with Crippen LogP contribution in [0, 0.1) is 5.41 Å². The first kappa shape index (κ1) is 18.0. The average Bonchev–Trinajstić information content (AvgIpc) is 3.47. The molecule has 2 heterocycles. The summed E-state index contributed by atoms with van der Waals surface area (Å²) in [5.74, 6) is 0.0156. The van der Waals surface area contributed by atoms with Gasteiger partial charge < -0.3 is 0 Å². The van der Waals surface area contributed by atoms with Crippen LogP contribution in [-0.2, 0) is 4.79 Å². The molecule has 0 bridgehead atoms. The Balaban J connectivity index is 1.50. The molecule has 0 radical (unpaired) electrons. The standard InChI is InChI=1S/C27H21N3O/c1-18-27(26(31)30(29-18)21-13-6-3-7-14-21)24(20-11-4-2-5-12-20)25(27)23-17-16-19-10-8-9-15-22(19)28-23/h2-17,24-25H,1H3/t24-,25-,27-/m1/s1. The van der Waals surface area contributed by atoms with E-state index >= 15 is 0 Å². The first-order valence-corrected chi connectivity index (χ1v) is 10.6. The second-order valence-electron chi connectivity index (χ2n) is 8.30. The molecule has 31 heavy (non-hydrogen) atoms. The second kappa shape index (κ2) is 6.61. The number of amides is 1. The van der Waals surface area contributed by atoms with Crippen LogP contribution in [0.5, 0.6) is 0 Å². The van der Waals surface area contributed by atoms with Crippen LogP contribution in [0.3, 0.4) is 0 Å². The van der Waals surface area contributed by atoms with E-state index in [1.807, 2.05) is 73.7 Å². The molecule has 4 heteroatoms. The van der Waals surface area contributed by atoms with E-state index in [1.165, 1.54) is 0 Å². The van der Waals surface area contributed by atoms with Crippen molar-refractivity contribution in [1.29, 1.82) is 0 Å². The maximum absolute atomic E-state index is 13.9. The first-order valence-electron chi connectivity index (χ1n) is 10.6. The van der Waals surface area contributed by atoms with Crippen LogP contribution < -0.4 is 5.01 Å². The Morgan fingerprint density at radius 2 is 1.45 bits per heavy atom. The van der Waals surface area contributed by atoms with Crippen molar-refractivity contribution < 1.29 is 4.79 Å². The van der Waals surface area contributed by atoms with Crippen LogP contribution in [0.15, 0.2) is 102 Å². The molecule has 1 aliphatic heterocycles. The monoisotopic (exact) mass is 403 g/mol. The molecule has 1 fully saturated rings. The van der Waals surface area contributed by atoms with Gasteiger partial charge in [0.15, 0.2) is 0 Å². The third-order valence-electron chi connectivity index (χ3n) is 6.70. The predicted octanol–water partition coefficient (Wildman–Crippen LogP) is 5.52. The Morgan fingerprint density at radius 1 is 0.774 bits per heavy atom. The summed E-state index contributed by atoms with van der Waals surface area (Å²) in [5.41, 5.74) is 4.02. The third-order valence-corrected chi connectivity index (χ3v) is 6.70. The van der Waals surface area contributed by atoms with Gasteiger partial charge in [-0.05, 0) is 36.8 Å². The number of nitrogens with zero attached hydrogens (tertiary/aromatic N) is 3. The van der Waals surface area contributed by atoms with Gasteiger partial charge in [-0.3, -0.25) is 9.78 Å². The summed E-state index contributed by atoms with van der Waals surface area (Å²) in [4.78, 5) is 18.9. The molecule has 0 saturated heterocycles. The van der Waals surface area contributed by atoms with Crippen molar-refractivity contribution in [2.24, 2.45) is 10.5 Å². The highest BCUT2D eigenvalue weighted by molar-refractivity contribution is 6.23. The topological polar surface area (TPSA) is 45.6 Å². The number of carbonyl (C=O) groups is 1. The van der Waals surface area contributed by atoms with Crippen LogP contribution in [0.25, 0.3) is 10.9 Å². The average molecular weight is 403 g/mol. The summed E-state index contributed by atoms with van der Waals surface area (Å²) in [7, 11) is 0. The van der Waals surface area contributed by atoms with Crippen LogP contribution in [0.2, 0.25) is 0 Å². The fourth-order valence-corrected chi connectivity index (χ4v) is 5.23. The van der Waals surface area contributed by atoms with Crippen molar-refractivity contribution >= 4 is 28.2 Å². The lowest BCUT2D eigenvalue weighted by molar-refractivity contribution is -0.121. The van der Waals surface area contributed by atoms with Crippen molar-refractivity contribution in [2.45, 2.75) is 18.8 Å². The van der Waals surface area contributed by atoms with Crippen molar-refractivity contribution in [3.05, 3.63) is 108 Å². The van der Waals surface area contributed by atoms with Gasteiger partial charge in [0.25, 0.3) is 5.91 Å². The number of hydrogen-bond acceptors (Lipinski definition) is 3. The summed E-state index contributed by atoms with van der Waals surface area (Å²) in [6.45, 7) is 1.98. The second-order valence-corrected chi connectivity index (χ2v) is 8.30. The number of para-hydroxylation sites is 2. The maximum Gasteiger partial charge on any atom is 0.260 e. The van der Waals surface area contributed by atoms with Gasteiger partial charge >= 0.3 is 0 Å². The molecule has 1 saturated carbocycles. The van der Waals surface area contributed by atoms with E-state index in [2.05, 4.69) is 30.3 Å². The van der Waals surface area contributed by atoms with Gasteiger partial charge in [0.05, 0.1) is 16.9 Å². The SMILES string of the molecule is CC1=NN(c2ccccc2)C(=O)[C@@]12[C@H](c1ccccc1)[C@H]2c1ccc2ccccc2n1. The lowest BCUT2D eigenvalue weighted by Gasteiger charge is -2.15. The zero-order chi connectivity index (χ0) is 21.0. The van der Waals surface area contributed by atoms with E-state index in [1.54, 1.807) is 5.01 Å². The van der Waals surface area contributed by atoms with Crippen LogP contribution in [0.4, 0.5) is 5.69 Å². The number of aromatic nitrogens is 1. The lowest BCUT2D eigenvalue weighted by Crippen LogP contribution is -2.30. The molecular formula is C27H21N3O. The number of carbonyl (C=O) groups excluding carboxylic acids is 1. The molecule has 1 spiro atoms. The van der Waals surface area contributed by atoms with Crippen LogP contribution in [0.1, 0.15) is 30.0 Å². The highest BCUT2D eigenvalue weighted by Crippen LogP contribution is 2.73. The van der Waals surface area contributed by atoms with Crippen LogP contribution in [-0.4, -0.2) is 16.6 Å². The summed E-state index contributed by atoms with van der Waals surface area (Å²) in [6, 6.07) is 32.3. The number of fused-ring (bicyclic) bond motifs is 1. The first-order chi connectivity index (χ1) is 15.2. The van der Waals surface area contributed by atoms with Gasteiger partial charge in [0, 0.05) is 22.9 Å². The fourth-order valence-electron chi connectivity index (χ4n) is 5.23. The number of hydrazone groups is 1. The smallest absolute Gasteiger partial charge is 0.260 e. The number of hydrogen-bond donors (Lipinski definition) is 0. The molecule has 1 amide bonds. The van der Waals surface area contributed by atoms with Crippen molar-refractivity contribution in [1.82, 2.24) is 4.98 Å². The summed E-state index contributed by atoms with van der Waals surface area (Å²) >= 11 is 0. The van der Waals surface area contributed by atoms with Gasteiger partial charge in [-0.2, -0.15) is 10.1 Å². The van der Waals surface area contributed by atoms with Gasteiger partial charge in [-0.15, -0.1) is 0 Å². The van der Waals surface area contributed by atoms with E-state index in [0.717, 1.165) is 33.6 Å². The van der Waals surface area contributed by atoms with Gasteiger partial charge in [0.2, 0.25) is 0 Å². The van der Waals surface area contributed by atoms with E-state index in [4.69, 9.17) is 10.1 Å². The van der Waals surface area contributed by atoms with Crippen molar-refractivity contribution in [3.8, 4) is 0 Å². The largest absolute Gasteiger partial charge is 0.271 e. The molecule has 1 aliphatic carbocycles. The van der Waals surface area contributed by atoms with Crippen molar-refractivity contribution in [2.75, 3.05) is 5.01 Å². The molecule has 3 aromatic carbocycles. The molecule has 2 aliphatic rings. The third kappa shape index (κ3) is 2.51. The van der Waals surface area contributed by atoms with Crippen molar-refractivity contribution in [3.63, 3.8) is 0 Å². The van der Waals surface area contributed by atoms with E-state index in [-0.39, 0.29) is 17.7 Å². The van der Waals surface area contributed by atoms with E-state index < -0.39 is 5.41 Å². The number of pyridine rings is 1. The summed E-state index contributed by atoms with van der Waals surface area (Å²) in [5, 5.41) is 7.42. The van der Waals surface area contributed by atoms with E-state index in [9.17, 15) is 4.79 Å². The molecule has 4 aromatic rings. The highest BCUT2D eigenvalue weighted by Gasteiger charge is 2.75. The highest BCUT2D eigenvalue weighted by atomic mass is 16.2. The maximum atomic E-state index is 13.9. The zero-order valence-electron chi connectivity index (χ0n) is 17.1.